The van der Waals surface area contributed by atoms with Gasteiger partial charge < -0.3 is 16.0 Å². The number of anilines is 1. The Balaban J connectivity index is 1.95. The Kier molecular flexibility index (Phi) is 5.15. The number of hydrogen-bond donors (Lipinski definition) is 3. The molecule has 0 radical (unpaired) electrons. The van der Waals surface area contributed by atoms with E-state index in [0.717, 1.165) is 24.2 Å². The van der Waals surface area contributed by atoms with E-state index in [1.54, 1.807) is 6.08 Å². The molecule has 1 aliphatic heterocycles. The second-order valence-electron chi connectivity index (χ2n) is 7.82. The van der Waals surface area contributed by atoms with Gasteiger partial charge in [0.2, 0.25) is 5.91 Å². The van der Waals surface area contributed by atoms with Crippen molar-refractivity contribution in [1.82, 2.24) is 10.6 Å². The van der Waals surface area contributed by atoms with E-state index < -0.39 is 0 Å². The molecule has 1 fully saturated rings. The summed E-state index contributed by atoms with van der Waals surface area (Å²) in [7, 11) is 0. The average Bonchev–Trinajstić information content (AvgIpc) is 2.35. The maximum atomic E-state index is 12.1. The van der Waals surface area contributed by atoms with Crippen molar-refractivity contribution < 1.29 is 4.79 Å². The number of amides is 1. The van der Waals surface area contributed by atoms with Crippen LogP contribution >= 0.6 is 0 Å². The van der Waals surface area contributed by atoms with Crippen molar-refractivity contribution in [3.63, 3.8) is 0 Å². The fourth-order valence-electron chi connectivity index (χ4n) is 3.68. The maximum absolute atomic E-state index is 12.1. The summed E-state index contributed by atoms with van der Waals surface area (Å²) in [5, 5.41) is 10.1. The molecule has 1 aromatic rings. The molecule has 4 nitrogen and oxygen atoms in total. The number of piperidine rings is 1. The van der Waals surface area contributed by atoms with Crippen molar-refractivity contribution in [1.29, 1.82) is 0 Å². The summed E-state index contributed by atoms with van der Waals surface area (Å²) in [5.74, 6) is -0.103. The number of hydrogen-bond acceptors (Lipinski definition) is 3. The van der Waals surface area contributed by atoms with E-state index in [0.29, 0.717) is 6.04 Å². The Labute approximate surface area is 139 Å². The van der Waals surface area contributed by atoms with Crippen LogP contribution in [0.25, 0.3) is 0 Å². The monoisotopic (exact) mass is 315 g/mol. The van der Waals surface area contributed by atoms with Gasteiger partial charge in [-0.3, -0.25) is 4.79 Å². The molecule has 1 aromatic carbocycles. The highest BCUT2D eigenvalue weighted by atomic mass is 16.1. The largest absolute Gasteiger partial charge is 0.386 e. The van der Waals surface area contributed by atoms with Crippen LogP contribution in [0.4, 0.5) is 5.69 Å². The summed E-state index contributed by atoms with van der Waals surface area (Å²) in [6.07, 6.45) is 3.69. The zero-order chi connectivity index (χ0) is 17.1. The summed E-state index contributed by atoms with van der Waals surface area (Å²) in [6, 6.07) is 9.87. The Morgan fingerprint density at radius 1 is 1.13 bits per heavy atom. The summed E-state index contributed by atoms with van der Waals surface area (Å²) in [6.45, 7) is 10.9. The number of para-hydroxylation sites is 1. The molecular formula is C19H29N3O. The van der Waals surface area contributed by atoms with Crippen LogP contribution in [0.2, 0.25) is 0 Å². The van der Waals surface area contributed by atoms with Gasteiger partial charge in [0.05, 0.1) is 0 Å². The summed E-state index contributed by atoms with van der Waals surface area (Å²) in [4.78, 5) is 12.1. The minimum atomic E-state index is -0.103. The first-order valence-corrected chi connectivity index (χ1v) is 8.25. The first-order valence-electron chi connectivity index (χ1n) is 8.25. The van der Waals surface area contributed by atoms with E-state index in [1.807, 2.05) is 37.3 Å². The van der Waals surface area contributed by atoms with Crippen LogP contribution in [0.3, 0.4) is 0 Å². The molecule has 0 atom stereocenters. The van der Waals surface area contributed by atoms with Gasteiger partial charge in [-0.05, 0) is 59.6 Å². The summed E-state index contributed by atoms with van der Waals surface area (Å²) in [5.41, 5.74) is 1.89. The zero-order valence-corrected chi connectivity index (χ0v) is 14.9. The molecule has 0 saturated carbocycles. The first kappa shape index (κ1) is 17.5. The van der Waals surface area contributed by atoms with E-state index >= 15 is 0 Å². The third-order valence-electron chi connectivity index (χ3n) is 4.01. The highest BCUT2D eigenvalue weighted by Gasteiger charge is 2.37. The Bertz CT molecular complexity index is 560. The molecule has 3 N–H and O–H groups in total. The van der Waals surface area contributed by atoms with Crippen LogP contribution in [0, 0.1) is 0 Å². The minimum absolute atomic E-state index is 0.0893. The predicted molar refractivity (Wildman–Crippen MR) is 96.3 cm³/mol. The molecule has 2 rings (SSSR count). The van der Waals surface area contributed by atoms with Crippen LogP contribution in [0.5, 0.6) is 0 Å². The molecule has 4 heteroatoms. The average molecular weight is 315 g/mol. The molecule has 23 heavy (non-hydrogen) atoms. The number of nitrogens with one attached hydrogen (secondary N) is 3. The van der Waals surface area contributed by atoms with Gasteiger partial charge in [-0.15, -0.1) is 0 Å². The van der Waals surface area contributed by atoms with Gasteiger partial charge in [-0.25, -0.2) is 0 Å². The molecule has 1 amide bonds. The van der Waals surface area contributed by atoms with Crippen molar-refractivity contribution in [3.8, 4) is 0 Å². The van der Waals surface area contributed by atoms with E-state index in [9.17, 15) is 4.79 Å². The normalized spacial score (nSPS) is 20.8. The van der Waals surface area contributed by atoms with Gasteiger partial charge in [-0.1, -0.05) is 18.2 Å². The Morgan fingerprint density at radius 3 is 2.26 bits per heavy atom. The molecule has 126 valence electrons. The van der Waals surface area contributed by atoms with E-state index in [-0.39, 0.29) is 17.0 Å². The lowest BCUT2D eigenvalue weighted by molar-refractivity contribution is -0.112. The molecule has 0 spiro atoms. The first-order chi connectivity index (χ1) is 10.7. The third kappa shape index (κ3) is 5.71. The van der Waals surface area contributed by atoms with E-state index in [2.05, 4.69) is 43.6 Å². The van der Waals surface area contributed by atoms with Crippen molar-refractivity contribution in [2.75, 3.05) is 5.32 Å². The second kappa shape index (κ2) is 6.75. The molecule has 0 aromatic heterocycles. The number of allylic oxidation sites excluding steroid dienone is 1. The third-order valence-corrected chi connectivity index (χ3v) is 4.01. The topological polar surface area (TPSA) is 53.2 Å². The molecule has 0 aliphatic carbocycles. The van der Waals surface area contributed by atoms with Gasteiger partial charge in [0, 0.05) is 34.6 Å². The number of carbonyl (C=O) groups is 1. The lowest BCUT2D eigenvalue weighted by Gasteiger charge is -2.47. The van der Waals surface area contributed by atoms with Gasteiger partial charge in [0.15, 0.2) is 0 Å². The fraction of sp³-hybridized carbons (Fsp3) is 0.526. The quantitative estimate of drug-likeness (QED) is 0.746. The van der Waals surface area contributed by atoms with Crippen molar-refractivity contribution in [2.24, 2.45) is 0 Å². The molecule has 1 heterocycles. The van der Waals surface area contributed by atoms with Gasteiger partial charge in [-0.2, -0.15) is 0 Å². The van der Waals surface area contributed by atoms with Gasteiger partial charge >= 0.3 is 0 Å². The van der Waals surface area contributed by atoms with Gasteiger partial charge in [0.25, 0.3) is 0 Å². The van der Waals surface area contributed by atoms with Crippen LogP contribution in [0.1, 0.15) is 47.5 Å². The number of carbonyl (C=O) groups excluding carboxylic acids is 1. The standard InChI is InChI=1S/C19H29N3O/c1-14(11-17(23)21-15-9-7-6-8-10-15)20-16-12-18(2,3)22-19(4,5)13-16/h6-11,16,20,22H,12-13H2,1-5H3,(H,21,23)/b14-11-. The SMILES string of the molecule is C/C(=C/C(=O)Nc1ccccc1)NC1CC(C)(C)NC(C)(C)C1. The molecule has 0 bridgehead atoms. The van der Waals surface area contributed by atoms with Crippen molar-refractivity contribution in [2.45, 2.75) is 64.6 Å². The fourth-order valence-corrected chi connectivity index (χ4v) is 3.68. The Morgan fingerprint density at radius 2 is 1.70 bits per heavy atom. The van der Waals surface area contributed by atoms with Crippen LogP contribution in [-0.4, -0.2) is 23.0 Å². The highest BCUT2D eigenvalue weighted by molar-refractivity contribution is 5.99. The van der Waals surface area contributed by atoms with E-state index in [1.165, 1.54) is 0 Å². The van der Waals surface area contributed by atoms with Crippen LogP contribution in [-0.2, 0) is 4.79 Å². The zero-order valence-electron chi connectivity index (χ0n) is 14.9. The maximum Gasteiger partial charge on any atom is 0.250 e. The molecular weight excluding hydrogens is 286 g/mol. The second-order valence-corrected chi connectivity index (χ2v) is 7.82. The van der Waals surface area contributed by atoms with Crippen LogP contribution in [0.15, 0.2) is 42.1 Å². The lowest BCUT2D eigenvalue weighted by Crippen LogP contribution is -2.61. The lowest BCUT2D eigenvalue weighted by atomic mass is 9.79. The van der Waals surface area contributed by atoms with Crippen molar-refractivity contribution >= 4 is 11.6 Å². The molecule has 1 aliphatic rings. The number of benzene rings is 1. The van der Waals surface area contributed by atoms with E-state index in [4.69, 9.17) is 0 Å². The Hall–Kier alpha value is -1.81. The molecule has 1 saturated heterocycles. The summed E-state index contributed by atoms with van der Waals surface area (Å²) >= 11 is 0. The summed E-state index contributed by atoms with van der Waals surface area (Å²) < 4.78 is 0. The highest BCUT2D eigenvalue weighted by Crippen LogP contribution is 2.28. The molecule has 0 unspecified atom stereocenters. The van der Waals surface area contributed by atoms with Gasteiger partial charge in [0.1, 0.15) is 0 Å². The van der Waals surface area contributed by atoms with Crippen molar-refractivity contribution in [3.05, 3.63) is 42.1 Å². The minimum Gasteiger partial charge on any atom is -0.386 e. The predicted octanol–water partition coefficient (Wildman–Crippen LogP) is 3.43. The van der Waals surface area contributed by atoms with Crippen LogP contribution < -0.4 is 16.0 Å². The number of rotatable bonds is 4. The smallest absolute Gasteiger partial charge is 0.250 e.